The number of fused-ring (bicyclic) bond motifs is 3. The lowest BCUT2D eigenvalue weighted by Crippen LogP contribution is -2.16. The van der Waals surface area contributed by atoms with Crippen molar-refractivity contribution in [3.05, 3.63) is 46.3 Å². The third-order valence-corrected chi connectivity index (χ3v) is 5.28. The fourth-order valence-corrected chi connectivity index (χ4v) is 4.37. The zero-order valence-electron chi connectivity index (χ0n) is 15.8. The molecule has 6 nitrogen and oxygen atoms in total. The van der Waals surface area contributed by atoms with E-state index < -0.39 is 17.7 Å². The van der Waals surface area contributed by atoms with E-state index in [1.54, 1.807) is 24.3 Å². The number of rotatable bonds is 4. The van der Waals surface area contributed by atoms with Crippen LogP contribution >= 0.6 is 11.8 Å². The van der Waals surface area contributed by atoms with Gasteiger partial charge in [-0.25, -0.2) is 9.59 Å². The molecule has 0 spiro atoms. The van der Waals surface area contributed by atoms with Gasteiger partial charge in [-0.15, -0.1) is 11.8 Å². The summed E-state index contributed by atoms with van der Waals surface area (Å²) < 4.78 is 12.0. The molecule has 0 saturated heterocycles. The predicted octanol–water partition coefficient (Wildman–Crippen LogP) is 3.51. The van der Waals surface area contributed by atoms with E-state index in [0.717, 1.165) is 11.1 Å². The van der Waals surface area contributed by atoms with Gasteiger partial charge in [-0.1, -0.05) is 12.1 Å². The maximum atomic E-state index is 13.3. The summed E-state index contributed by atoms with van der Waals surface area (Å²) in [6.45, 7) is 7.66. The fourth-order valence-electron chi connectivity index (χ4n) is 3.30. The van der Waals surface area contributed by atoms with E-state index in [2.05, 4.69) is 0 Å². The van der Waals surface area contributed by atoms with E-state index in [4.69, 9.17) is 9.47 Å². The van der Waals surface area contributed by atoms with Crippen LogP contribution in [0.5, 0.6) is 0 Å². The highest BCUT2D eigenvalue weighted by Gasteiger charge is 2.34. The number of pyridine rings is 1. The second-order valence-electron chi connectivity index (χ2n) is 6.17. The van der Waals surface area contributed by atoms with E-state index in [-0.39, 0.29) is 18.8 Å². The summed E-state index contributed by atoms with van der Waals surface area (Å²) in [7, 11) is 0. The second-order valence-corrected chi connectivity index (χ2v) is 7.20. The maximum absolute atomic E-state index is 13.3. The number of aromatic nitrogens is 1. The van der Waals surface area contributed by atoms with Gasteiger partial charge in [0.15, 0.2) is 0 Å². The first-order valence-electron chi connectivity index (χ1n) is 8.77. The van der Waals surface area contributed by atoms with E-state index in [9.17, 15) is 14.4 Å². The molecule has 0 saturated carbocycles. The van der Waals surface area contributed by atoms with E-state index in [1.165, 1.54) is 11.8 Å². The smallest absolute Gasteiger partial charge is 0.356 e. The van der Waals surface area contributed by atoms with Gasteiger partial charge >= 0.3 is 11.9 Å². The van der Waals surface area contributed by atoms with Crippen LogP contribution in [0.25, 0.3) is 5.52 Å². The molecule has 142 valence electrons. The number of ether oxygens (including phenoxy) is 2. The minimum Gasteiger partial charge on any atom is -0.462 e. The van der Waals surface area contributed by atoms with Crippen molar-refractivity contribution in [2.75, 3.05) is 19.0 Å². The van der Waals surface area contributed by atoms with Crippen molar-refractivity contribution in [1.82, 2.24) is 4.40 Å². The Morgan fingerprint density at radius 3 is 2.48 bits per heavy atom. The zero-order valence-corrected chi connectivity index (χ0v) is 16.6. The summed E-state index contributed by atoms with van der Waals surface area (Å²) in [5.74, 6) is -1.17. The third-order valence-electron chi connectivity index (χ3n) is 4.26. The highest BCUT2D eigenvalue weighted by molar-refractivity contribution is 7.99. The Morgan fingerprint density at radius 2 is 1.81 bits per heavy atom. The SMILES string of the molecule is CCOC(=O)C1=CCSc2c(c3c(C)cc(C)cn3c2C(=O)OCC)C1=O. The van der Waals surface area contributed by atoms with Gasteiger partial charge in [0.25, 0.3) is 0 Å². The molecule has 0 aromatic carbocycles. The zero-order chi connectivity index (χ0) is 19.7. The van der Waals surface area contributed by atoms with E-state index in [0.29, 0.717) is 27.4 Å². The molecule has 0 bridgehead atoms. The van der Waals surface area contributed by atoms with Gasteiger partial charge < -0.3 is 13.9 Å². The summed E-state index contributed by atoms with van der Waals surface area (Å²) in [6, 6.07) is 1.95. The third kappa shape index (κ3) is 3.27. The Hall–Kier alpha value is -2.54. The van der Waals surface area contributed by atoms with Gasteiger partial charge in [-0.05, 0) is 38.8 Å². The van der Waals surface area contributed by atoms with Crippen LogP contribution in [0.4, 0.5) is 0 Å². The molecule has 7 heteroatoms. The number of hydrogen-bond donors (Lipinski definition) is 0. The highest BCUT2D eigenvalue weighted by atomic mass is 32.2. The quantitative estimate of drug-likeness (QED) is 0.590. The number of esters is 2. The molecule has 27 heavy (non-hydrogen) atoms. The van der Waals surface area contributed by atoms with E-state index in [1.807, 2.05) is 26.1 Å². The average Bonchev–Trinajstić information content (AvgIpc) is 2.83. The van der Waals surface area contributed by atoms with Gasteiger partial charge in [0.05, 0.1) is 29.2 Å². The molecule has 0 radical (unpaired) electrons. The molecular weight excluding hydrogens is 366 g/mol. The molecule has 0 unspecified atom stereocenters. The van der Waals surface area contributed by atoms with Gasteiger partial charge in [0, 0.05) is 11.9 Å². The Labute approximate surface area is 161 Å². The molecule has 0 amide bonds. The summed E-state index contributed by atoms with van der Waals surface area (Å²) in [4.78, 5) is 38.7. The number of carbonyl (C=O) groups is 3. The first kappa shape index (κ1) is 19.2. The van der Waals surface area contributed by atoms with Crippen LogP contribution in [0.15, 0.2) is 28.8 Å². The molecule has 2 aromatic heterocycles. The summed E-state index contributed by atoms with van der Waals surface area (Å²) >= 11 is 1.35. The molecule has 2 aromatic rings. The minimum atomic E-state index is -0.641. The van der Waals surface area contributed by atoms with Crippen molar-refractivity contribution < 1.29 is 23.9 Å². The largest absolute Gasteiger partial charge is 0.462 e. The predicted molar refractivity (Wildman–Crippen MR) is 103 cm³/mol. The van der Waals surface area contributed by atoms with Crippen LogP contribution in [-0.2, 0) is 14.3 Å². The summed E-state index contributed by atoms with van der Waals surface area (Å²) in [6.07, 6.45) is 3.38. The first-order chi connectivity index (χ1) is 12.9. The normalized spacial score (nSPS) is 13.8. The number of thioether (sulfide) groups is 1. The van der Waals surface area contributed by atoms with Crippen LogP contribution in [0.2, 0.25) is 0 Å². The molecular formula is C20H21NO5S. The molecule has 0 fully saturated rings. The van der Waals surface area contributed by atoms with Crippen LogP contribution < -0.4 is 0 Å². The second kappa shape index (κ2) is 7.60. The lowest BCUT2D eigenvalue weighted by molar-refractivity contribution is -0.138. The number of ketones is 1. The Kier molecular flexibility index (Phi) is 5.41. The van der Waals surface area contributed by atoms with Crippen LogP contribution in [0.3, 0.4) is 0 Å². The lowest BCUT2D eigenvalue weighted by Gasteiger charge is -2.08. The van der Waals surface area contributed by atoms with Gasteiger partial charge in [-0.3, -0.25) is 4.79 Å². The van der Waals surface area contributed by atoms with Crippen molar-refractivity contribution in [2.45, 2.75) is 32.6 Å². The first-order valence-corrected chi connectivity index (χ1v) is 9.76. The Bertz CT molecular complexity index is 986. The molecule has 0 N–H and O–H groups in total. The number of aryl methyl sites for hydroxylation is 2. The lowest BCUT2D eigenvalue weighted by atomic mass is 10.0. The van der Waals surface area contributed by atoms with Crippen molar-refractivity contribution in [3.63, 3.8) is 0 Å². The van der Waals surface area contributed by atoms with Crippen molar-refractivity contribution >= 4 is 35.0 Å². The van der Waals surface area contributed by atoms with Gasteiger partial charge in [-0.2, -0.15) is 0 Å². The fraction of sp³-hybridized carbons (Fsp3) is 0.350. The Morgan fingerprint density at radius 1 is 1.15 bits per heavy atom. The van der Waals surface area contributed by atoms with Gasteiger partial charge in [0.2, 0.25) is 5.78 Å². The molecule has 1 aliphatic rings. The maximum Gasteiger partial charge on any atom is 0.356 e. The highest BCUT2D eigenvalue weighted by Crippen LogP contribution is 2.38. The topological polar surface area (TPSA) is 74.1 Å². The van der Waals surface area contributed by atoms with Crippen LogP contribution in [0.1, 0.15) is 45.8 Å². The molecule has 0 aliphatic carbocycles. The monoisotopic (exact) mass is 387 g/mol. The standard InChI is InChI=1S/C20H21NO5S/c1-5-25-19(23)13-7-8-27-18-14(17(13)22)15-12(4)9-11(3)10-21(15)16(18)20(24)26-6-2/h7,9-10H,5-6,8H2,1-4H3. The molecule has 0 atom stereocenters. The van der Waals surface area contributed by atoms with Gasteiger partial charge in [0.1, 0.15) is 11.3 Å². The van der Waals surface area contributed by atoms with Crippen molar-refractivity contribution in [2.24, 2.45) is 0 Å². The van der Waals surface area contributed by atoms with Crippen LogP contribution in [-0.4, -0.2) is 41.1 Å². The number of nitrogens with zero attached hydrogens (tertiary/aromatic N) is 1. The summed E-state index contributed by atoms with van der Waals surface area (Å²) in [5, 5.41) is 0. The number of Topliss-reactive ketones (excluding diaryl/α,β-unsaturated/α-hetero) is 1. The molecule has 3 rings (SSSR count). The minimum absolute atomic E-state index is 0.00554. The van der Waals surface area contributed by atoms with Crippen LogP contribution in [0, 0.1) is 13.8 Å². The number of carbonyl (C=O) groups excluding carboxylic acids is 3. The van der Waals surface area contributed by atoms with Crippen molar-refractivity contribution in [1.29, 1.82) is 0 Å². The average molecular weight is 387 g/mol. The Balaban J connectivity index is 2.31. The van der Waals surface area contributed by atoms with Crippen molar-refractivity contribution in [3.8, 4) is 0 Å². The molecule has 3 heterocycles. The van der Waals surface area contributed by atoms with E-state index >= 15 is 0 Å². The molecule has 1 aliphatic heterocycles. The summed E-state index contributed by atoms with van der Waals surface area (Å²) in [5.41, 5.74) is 3.11. The number of hydrogen-bond acceptors (Lipinski definition) is 6.